The number of nitrogens with zero attached hydrogens (tertiary/aromatic N) is 2. The van der Waals surface area contributed by atoms with Gasteiger partial charge in [0.2, 0.25) is 5.82 Å². The standard InChI is InChI=1S/C28H24N4O7/c1-17-4-3-5-19(16-17)23-29-24(39-32-23)18-6-8-20(9-7-18)37-21-10-12-22(13-11-21)38-28(14-15-36-2)25(33)30-27(35)31-26(28)34/h3-13,16H,14-15H2,1-2H3,(H2,30,31,33,34,35). The minimum atomic E-state index is -1.95. The zero-order valence-electron chi connectivity index (χ0n) is 21.1. The maximum Gasteiger partial charge on any atom is 0.328 e. The molecule has 0 atom stereocenters. The van der Waals surface area contributed by atoms with Crippen LogP contribution in [0.25, 0.3) is 22.8 Å². The summed E-state index contributed by atoms with van der Waals surface area (Å²) in [6.45, 7) is 2.06. The Labute approximate surface area is 223 Å². The van der Waals surface area contributed by atoms with Crippen molar-refractivity contribution in [1.82, 2.24) is 20.8 Å². The molecule has 0 radical (unpaired) electrons. The Bertz CT molecular complexity index is 1490. The lowest BCUT2D eigenvalue weighted by Crippen LogP contribution is -2.69. The van der Waals surface area contributed by atoms with Gasteiger partial charge >= 0.3 is 6.03 Å². The molecule has 2 heterocycles. The third kappa shape index (κ3) is 5.48. The maximum absolute atomic E-state index is 12.6. The number of amides is 4. The van der Waals surface area contributed by atoms with Crippen LogP contribution in [-0.2, 0) is 14.3 Å². The lowest BCUT2D eigenvalue weighted by atomic mass is 9.95. The van der Waals surface area contributed by atoms with Gasteiger partial charge in [0.1, 0.15) is 17.2 Å². The Kier molecular flexibility index (Phi) is 7.06. The Morgan fingerprint density at radius 2 is 1.49 bits per heavy atom. The molecule has 3 aromatic carbocycles. The fraction of sp³-hybridized carbons (Fsp3) is 0.179. The van der Waals surface area contributed by atoms with E-state index in [1.165, 1.54) is 7.11 Å². The minimum absolute atomic E-state index is 0.0586. The van der Waals surface area contributed by atoms with E-state index in [-0.39, 0.29) is 18.8 Å². The summed E-state index contributed by atoms with van der Waals surface area (Å²) in [5.74, 6) is 0.464. The van der Waals surface area contributed by atoms with Gasteiger partial charge in [0.25, 0.3) is 23.3 Å². The van der Waals surface area contributed by atoms with Crippen LogP contribution in [0.3, 0.4) is 0 Å². The summed E-state index contributed by atoms with van der Waals surface area (Å²) >= 11 is 0. The number of hydrogen-bond acceptors (Lipinski definition) is 9. The normalized spacial score (nSPS) is 14.5. The molecule has 0 aliphatic carbocycles. The van der Waals surface area contributed by atoms with E-state index >= 15 is 0 Å². The Morgan fingerprint density at radius 1 is 0.846 bits per heavy atom. The summed E-state index contributed by atoms with van der Waals surface area (Å²) in [6.07, 6.45) is -0.0917. The van der Waals surface area contributed by atoms with Gasteiger partial charge in [-0.2, -0.15) is 4.98 Å². The molecule has 1 saturated heterocycles. The lowest BCUT2D eigenvalue weighted by molar-refractivity contribution is -0.153. The first-order valence-electron chi connectivity index (χ1n) is 12.0. The largest absolute Gasteiger partial charge is 0.467 e. The SMILES string of the molecule is COCCC1(Oc2ccc(Oc3ccc(-c4nc(-c5cccc(C)c5)no4)cc3)cc2)C(=O)NC(=O)NC1=O. The van der Waals surface area contributed by atoms with E-state index in [2.05, 4.69) is 20.8 Å². The quantitative estimate of drug-likeness (QED) is 0.308. The van der Waals surface area contributed by atoms with E-state index in [0.717, 1.165) is 16.7 Å². The maximum atomic E-state index is 12.6. The van der Waals surface area contributed by atoms with Gasteiger partial charge in [-0.25, -0.2) is 4.79 Å². The van der Waals surface area contributed by atoms with Crippen molar-refractivity contribution >= 4 is 17.8 Å². The summed E-state index contributed by atoms with van der Waals surface area (Å²) in [5.41, 5.74) is 0.768. The molecule has 0 unspecified atom stereocenters. The van der Waals surface area contributed by atoms with Crippen molar-refractivity contribution in [1.29, 1.82) is 0 Å². The van der Waals surface area contributed by atoms with E-state index in [1.54, 1.807) is 36.4 Å². The molecule has 198 valence electrons. The average molecular weight is 529 g/mol. The van der Waals surface area contributed by atoms with Crippen LogP contribution in [0.1, 0.15) is 12.0 Å². The van der Waals surface area contributed by atoms with Crippen molar-refractivity contribution in [2.45, 2.75) is 18.9 Å². The highest BCUT2D eigenvalue weighted by molar-refractivity contribution is 6.21. The molecule has 1 fully saturated rings. The van der Waals surface area contributed by atoms with E-state index in [4.69, 9.17) is 18.7 Å². The number of aryl methyl sites for hydroxylation is 1. The molecule has 0 spiro atoms. The number of imide groups is 2. The number of rotatable bonds is 9. The zero-order chi connectivity index (χ0) is 27.4. The van der Waals surface area contributed by atoms with E-state index in [9.17, 15) is 14.4 Å². The molecule has 0 saturated carbocycles. The topological polar surface area (TPSA) is 142 Å². The monoisotopic (exact) mass is 528 g/mol. The molecule has 4 aromatic rings. The van der Waals surface area contributed by atoms with E-state index < -0.39 is 23.4 Å². The number of aromatic nitrogens is 2. The van der Waals surface area contributed by atoms with Gasteiger partial charge in [-0.1, -0.05) is 28.9 Å². The molecule has 1 aliphatic heterocycles. The smallest absolute Gasteiger partial charge is 0.328 e. The summed E-state index contributed by atoms with van der Waals surface area (Å²) in [5, 5.41) is 8.22. The van der Waals surface area contributed by atoms with Gasteiger partial charge in [0.15, 0.2) is 0 Å². The number of methoxy groups -OCH3 is 1. The number of ether oxygens (including phenoxy) is 3. The highest BCUT2D eigenvalue weighted by Gasteiger charge is 2.52. The molecule has 11 nitrogen and oxygen atoms in total. The average Bonchev–Trinajstić information content (AvgIpc) is 3.42. The van der Waals surface area contributed by atoms with E-state index in [0.29, 0.717) is 23.2 Å². The van der Waals surface area contributed by atoms with Gasteiger partial charge in [-0.15, -0.1) is 0 Å². The third-order valence-corrected chi connectivity index (χ3v) is 6.00. The summed E-state index contributed by atoms with van der Waals surface area (Å²) in [6, 6.07) is 20.5. The third-order valence-electron chi connectivity index (χ3n) is 6.00. The lowest BCUT2D eigenvalue weighted by Gasteiger charge is -2.34. The first-order valence-corrected chi connectivity index (χ1v) is 12.0. The number of urea groups is 1. The number of carbonyl (C=O) groups excluding carboxylic acids is 3. The Morgan fingerprint density at radius 3 is 2.13 bits per heavy atom. The summed E-state index contributed by atoms with van der Waals surface area (Å²) < 4.78 is 22.1. The van der Waals surface area contributed by atoms with Crippen molar-refractivity contribution in [3.63, 3.8) is 0 Å². The van der Waals surface area contributed by atoms with Gasteiger partial charge in [0.05, 0.1) is 6.61 Å². The van der Waals surface area contributed by atoms with Crippen LogP contribution in [0.15, 0.2) is 77.3 Å². The van der Waals surface area contributed by atoms with Crippen LogP contribution in [0.5, 0.6) is 17.2 Å². The number of benzene rings is 3. The van der Waals surface area contributed by atoms with Crippen molar-refractivity contribution in [2.75, 3.05) is 13.7 Å². The second-order valence-electron chi connectivity index (χ2n) is 8.80. The minimum Gasteiger partial charge on any atom is -0.467 e. The van der Waals surface area contributed by atoms with Crippen LogP contribution in [0, 0.1) is 6.92 Å². The zero-order valence-corrected chi connectivity index (χ0v) is 21.1. The summed E-state index contributed by atoms with van der Waals surface area (Å²) in [7, 11) is 1.43. The van der Waals surface area contributed by atoms with Crippen molar-refractivity contribution in [3.05, 3.63) is 78.4 Å². The van der Waals surface area contributed by atoms with E-state index in [1.807, 2.05) is 43.3 Å². The Hall–Kier alpha value is -5.03. The fourth-order valence-electron chi connectivity index (χ4n) is 3.98. The van der Waals surface area contributed by atoms with Crippen molar-refractivity contribution < 1.29 is 33.1 Å². The molecule has 4 amide bonds. The highest BCUT2D eigenvalue weighted by Crippen LogP contribution is 2.30. The number of hydrogen-bond donors (Lipinski definition) is 2. The molecule has 2 N–H and O–H groups in total. The second kappa shape index (κ2) is 10.8. The summed E-state index contributed by atoms with van der Waals surface area (Å²) in [4.78, 5) is 41.1. The van der Waals surface area contributed by atoms with Crippen molar-refractivity contribution in [2.24, 2.45) is 0 Å². The van der Waals surface area contributed by atoms with Crippen molar-refractivity contribution in [3.8, 4) is 40.1 Å². The van der Waals surface area contributed by atoms with Gasteiger partial charge in [-0.05, 0) is 61.5 Å². The van der Waals surface area contributed by atoms with Crippen LogP contribution in [-0.4, -0.2) is 47.3 Å². The highest BCUT2D eigenvalue weighted by atomic mass is 16.5. The number of carbonyl (C=O) groups is 3. The molecule has 1 aromatic heterocycles. The predicted molar refractivity (Wildman–Crippen MR) is 138 cm³/mol. The molecular formula is C28H24N4O7. The van der Waals surface area contributed by atoms with Crippen LogP contribution in [0.4, 0.5) is 4.79 Å². The molecule has 11 heteroatoms. The van der Waals surface area contributed by atoms with Crippen LogP contribution >= 0.6 is 0 Å². The van der Waals surface area contributed by atoms with Crippen LogP contribution in [0.2, 0.25) is 0 Å². The molecule has 1 aliphatic rings. The first-order chi connectivity index (χ1) is 18.9. The van der Waals surface area contributed by atoms with Gasteiger partial charge < -0.3 is 18.7 Å². The molecule has 0 bridgehead atoms. The molecule has 39 heavy (non-hydrogen) atoms. The predicted octanol–water partition coefficient (Wildman–Crippen LogP) is 4.02. The fourth-order valence-corrected chi connectivity index (χ4v) is 3.98. The van der Waals surface area contributed by atoms with Crippen LogP contribution < -0.4 is 20.1 Å². The number of barbiturate groups is 1. The van der Waals surface area contributed by atoms with Gasteiger partial charge in [0, 0.05) is 24.7 Å². The second-order valence-corrected chi connectivity index (χ2v) is 8.80. The Balaban J connectivity index is 1.26. The van der Waals surface area contributed by atoms with Gasteiger partial charge in [-0.3, -0.25) is 20.2 Å². The first kappa shape index (κ1) is 25.6. The number of nitrogens with one attached hydrogen (secondary N) is 2. The molecule has 5 rings (SSSR count). The molecular weight excluding hydrogens is 504 g/mol.